The van der Waals surface area contributed by atoms with Gasteiger partial charge in [0.1, 0.15) is 11.3 Å². The zero-order valence-electron chi connectivity index (χ0n) is 15.5. The van der Waals surface area contributed by atoms with Gasteiger partial charge in [-0.15, -0.1) is 0 Å². The maximum Gasteiger partial charge on any atom is 0.342 e. The molecule has 6 nitrogen and oxygen atoms in total. The molecular formula is C20H24N2O4. The zero-order valence-corrected chi connectivity index (χ0v) is 15.5. The molecule has 1 amide bonds. The third kappa shape index (κ3) is 4.75. The Kier molecular flexibility index (Phi) is 6.22. The fraction of sp³-hybridized carbons (Fsp3) is 0.300. The number of carbonyl (C=O) groups is 2. The number of anilines is 1. The van der Waals surface area contributed by atoms with Crippen LogP contribution in [0.25, 0.3) is 0 Å². The Morgan fingerprint density at radius 1 is 1.04 bits per heavy atom. The highest BCUT2D eigenvalue weighted by atomic mass is 16.5. The Bertz CT molecular complexity index is 785. The summed E-state index contributed by atoms with van der Waals surface area (Å²) >= 11 is 0. The molecule has 0 unspecified atom stereocenters. The minimum absolute atomic E-state index is 0.0553. The van der Waals surface area contributed by atoms with Crippen molar-refractivity contribution in [2.75, 3.05) is 32.6 Å². The van der Waals surface area contributed by atoms with Gasteiger partial charge in [0.2, 0.25) is 0 Å². The summed E-state index contributed by atoms with van der Waals surface area (Å²) in [5.74, 6) is -1.16. The number of phenols is 1. The number of aromatic hydroxyl groups is 1. The van der Waals surface area contributed by atoms with E-state index < -0.39 is 5.97 Å². The van der Waals surface area contributed by atoms with Gasteiger partial charge in [-0.2, -0.15) is 0 Å². The first kappa shape index (κ1) is 19.3. The van der Waals surface area contributed by atoms with Gasteiger partial charge in [0.05, 0.1) is 0 Å². The number of benzene rings is 2. The monoisotopic (exact) mass is 356 g/mol. The van der Waals surface area contributed by atoms with Crippen molar-refractivity contribution < 1.29 is 19.4 Å². The highest BCUT2D eigenvalue weighted by molar-refractivity contribution is 5.94. The van der Waals surface area contributed by atoms with Crippen LogP contribution in [0.3, 0.4) is 0 Å². The number of phenolic OH excluding ortho intramolecular Hbond substituents is 1. The summed E-state index contributed by atoms with van der Waals surface area (Å²) in [6.07, 6.45) is 0. The molecule has 0 spiro atoms. The van der Waals surface area contributed by atoms with Crippen molar-refractivity contribution >= 4 is 17.6 Å². The molecule has 1 N–H and O–H groups in total. The van der Waals surface area contributed by atoms with Crippen LogP contribution in [-0.2, 0) is 16.1 Å². The van der Waals surface area contributed by atoms with Crippen LogP contribution in [0.2, 0.25) is 0 Å². The van der Waals surface area contributed by atoms with Crippen molar-refractivity contribution in [1.82, 2.24) is 4.90 Å². The van der Waals surface area contributed by atoms with Crippen LogP contribution in [0.5, 0.6) is 5.75 Å². The highest BCUT2D eigenvalue weighted by Crippen LogP contribution is 2.22. The molecular weight excluding hydrogens is 332 g/mol. The van der Waals surface area contributed by atoms with E-state index in [1.807, 2.05) is 43.3 Å². The average Bonchev–Trinajstić information content (AvgIpc) is 2.62. The number of hydrogen-bond donors (Lipinski definition) is 1. The largest absolute Gasteiger partial charge is 0.507 e. The summed E-state index contributed by atoms with van der Waals surface area (Å²) in [7, 11) is 5.58. The van der Waals surface area contributed by atoms with Gasteiger partial charge in [-0.3, -0.25) is 4.79 Å². The molecule has 0 aliphatic carbocycles. The van der Waals surface area contributed by atoms with Gasteiger partial charge in [0.25, 0.3) is 5.91 Å². The quantitative estimate of drug-likeness (QED) is 0.806. The number of esters is 1. The molecule has 0 saturated heterocycles. The number of nitrogens with zero attached hydrogens (tertiary/aromatic N) is 2. The normalized spacial score (nSPS) is 10.3. The molecule has 0 bridgehead atoms. The molecule has 2 rings (SSSR count). The second-order valence-corrected chi connectivity index (χ2v) is 6.36. The van der Waals surface area contributed by atoms with Gasteiger partial charge in [-0.25, -0.2) is 4.79 Å². The molecule has 0 aliphatic heterocycles. The molecule has 26 heavy (non-hydrogen) atoms. The number of rotatable bonds is 6. The van der Waals surface area contributed by atoms with Crippen LogP contribution in [0.4, 0.5) is 5.69 Å². The standard InChI is InChI=1S/C20H24N2O4/c1-14-6-5-7-17(19(14)24)20(25)26-13-18(23)22(4)12-15-8-10-16(11-9-15)21(2)3/h5-11,24H,12-13H2,1-4H3. The summed E-state index contributed by atoms with van der Waals surface area (Å²) < 4.78 is 5.04. The van der Waals surface area contributed by atoms with Gasteiger partial charge in [0.15, 0.2) is 6.61 Å². The molecule has 6 heteroatoms. The summed E-state index contributed by atoms with van der Waals surface area (Å²) in [5.41, 5.74) is 2.69. The first-order chi connectivity index (χ1) is 12.3. The fourth-order valence-corrected chi connectivity index (χ4v) is 2.40. The van der Waals surface area contributed by atoms with Crippen molar-refractivity contribution in [3.8, 4) is 5.75 Å². The molecule has 0 aromatic heterocycles. The van der Waals surface area contributed by atoms with Crippen molar-refractivity contribution in [1.29, 1.82) is 0 Å². The van der Waals surface area contributed by atoms with E-state index in [0.29, 0.717) is 12.1 Å². The first-order valence-electron chi connectivity index (χ1n) is 8.25. The molecule has 2 aromatic carbocycles. The Labute approximate surface area is 153 Å². The van der Waals surface area contributed by atoms with Crippen molar-refractivity contribution in [3.63, 3.8) is 0 Å². The van der Waals surface area contributed by atoms with Gasteiger partial charge in [-0.1, -0.05) is 24.3 Å². The Balaban J connectivity index is 1.90. The number of carbonyl (C=O) groups excluding carboxylic acids is 2. The van der Waals surface area contributed by atoms with Gasteiger partial charge < -0.3 is 19.6 Å². The number of aryl methyl sites for hydroxylation is 1. The number of amides is 1. The summed E-state index contributed by atoms with van der Waals surface area (Å²) in [6.45, 7) is 1.73. The van der Waals surface area contributed by atoms with E-state index in [1.54, 1.807) is 26.1 Å². The molecule has 0 heterocycles. The predicted octanol–water partition coefficient (Wildman–Crippen LogP) is 2.58. The van der Waals surface area contributed by atoms with Crippen LogP contribution in [0, 0.1) is 6.92 Å². The van der Waals surface area contributed by atoms with Crippen LogP contribution in [0.1, 0.15) is 21.5 Å². The van der Waals surface area contributed by atoms with Crippen LogP contribution in [0.15, 0.2) is 42.5 Å². The first-order valence-corrected chi connectivity index (χ1v) is 8.25. The average molecular weight is 356 g/mol. The Hall–Kier alpha value is -3.02. The second kappa shape index (κ2) is 8.38. The number of ether oxygens (including phenoxy) is 1. The molecule has 0 aliphatic rings. The zero-order chi connectivity index (χ0) is 19.3. The van der Waals surface area contributed by atoms with E-state index in [4.69, 9.17) is 4.74 Å². The van der Waals surface area contributed by atoms with Crippen molar-refractivity contribution in [3.05, 3.63) is 59.2 Å². The SMILES string of the molecule is Cc1cccc(C(=O)OCC(=O)N(C)Cc2ccc(N(C)C)cc2)c1O. The predicted molar refractivity (Wildman–Crippen MR) is 100 cm³/mol. The molecule has 0 atom stereocenters. The number of likely N-dealkylation sites (N-methyl/N-ethyl adjacent to an activating group) is 1. The molecule has 138 valence electrons. The van der Waals surface area contributed by atoms with Gasteiger partial charge in [0, 0.05) is 33.4 Å². The topological polar surface area (TPSA) is 70.1 Å². The third-order valence-electron chi connectivity index (χ3n) is 4.08. The molecule has 0 fully saturated rings. The van der Waals surface area contributed by atoms with Crippen molar-refractivity contribution in [2.45, 2.75) is 13.5 Å². The number of hydrogen-bond acceptors (Lipinski definition) is 5. The smallest absolute Gasteiger partial charge is 0.342 e. The molecule has 0 saturated carbocycles. The minimum Gasteiger partial charge on any atom is -0.507 e. The van der Waals surface area contributed by atoms with E-state index in [9.17, 15) is 14.7 Å². The third-order valence-corrected chi connectivity index (χ3v) is 4.08. The highest BCUT2D eigenvalue weighted by Gasteiger charge is 2.17. The lowest BCUT2D eigenvalue weighted by atomic mass is 10.1. The lowest BCUT2D eigenvalue weighted by Crippen LogP contribution is -2.30. The Morgan fingerprint density at radius 2 is 1.69 bits per heavy atom. The fourth-order valence-electron chi connectivity index (χ4n) is 2.40. The van der Waals surface area contributed by atoms with E-state index in [2.05, 4.69) is 0 Å². The summed E-state index contributed by atoms with van der Waals surface area (Å²) in [6, 6.07) is 12.7. The number of para-hydroxylation sites is 1. The van der Waals surface area contributed by atoms with E-state index in [1.165, 1.54) is 11.0 Å². The van der Waals surface area contributed by atoms with E-state index in [-0.39, 0.29) is 23.8 Å². The van der Waals surface area contributed by atoms with Crippen molar-refractivity contribution in [2.24, 2.45) is 0 Å². The lowest BCUT2D eigenvalue weighted by Gasteiger charge is -2.18. The minimum atomic E-state index is -0.719. The molecule has 2 aromatic rings. The Morgan fingerprint density at radius 3 is 2.31 bits per heavy atom. The van der Waals surface area contributed by atoms with E-state index in [0.717, 1.165) is 11.3 Å². The van der Waals surface area contributed by atoms with Gasteiger partial charge in [-0.05, 0) is 36.2 Å². The lowest BCUT2D eigenvalue weighted by molar-refractivity contribution is -0.133. The van der Waals surface area contributed by atoms with E-state index >= 15 is 0 Å². The van der Waals surface area contributed by atoms with Crippen LogP contribution in [-0.4, -0.2) is 49.6 Å². The maximum atomic E-state index is 12.2. The summed E-state index contributed by atoms with van der Waals surface area (Å²) in [4.78, 5) is 27.7. The van der Waals surface area contributed by atoms with Crippen LogP contribution < -0.4 is 4.90 Å². The molecule has 0 radical (unpaired) electrons. The maximum absolute atomic E-state index is 12.2. The summed E-state index contributed by atoms with van der Waals surface area (Å²) in [5, 5.41) is 9.90. The van der Waals surface area contributed by atoms with Crippen LogP contribution >= 0.6 is 0 Å². The van der Waals surface area contributed by atoms with Gasteiger partial charge >= 0.3 is 5.97 Å². The second-order valence-electron chi connectivity index (χ2n) is 6.36.